The van der Waals surface area contributed by atoms with Gasteiger partial charge in [-0.05, 0) is 11.6 Å². The average Bonchev–Trinajstić information content (AvgIpc) is 3.05. The molecule has 5 nitrogen and oxygen atoms in total. The van der Waals surface area contributed by atoms with Crippen molar-refractivity contribution in [2.75, 3.05) is 7.05 Å². The summed E-state index contributed by atoms with van der Waals surface area (Å²) in [6, 6.07) is 13.5. The van der Waals surface area contributed by atoms with Crippen LogP contribution in [0.1, 0.15) is 15.9 Å². The molecule has 0 aliphatic heterocycles. The van der Waals surface area contributed by atoms with E-state index < -0.39 is 0 Å². The molecule has 0 saturated heterocycles. The number of carbonyl (C=O) groups is 1. The minimum atomic E-state index is -0.0727. The number of aromatic nitrogens is 3. The molecule has 2 heterocycles. The van der Waals surface area contributed by atoms with Gasteiger partial charge in [-0.15, -0.1) is 0 Å². The Kier molecular flexibility index (Phi) is 3.96. The number of carbonyl (C=O) groups excluding carboxylic acids is 1. The van der Waals surface area contributed by atoms with E-state index in [1.54, 1.807) is 30.5 Å². The van der Waals surface area contributed by atoms with Crippen molar-refractivity contribution in [1.29, 1.82) is 0 Å². The molecule has 0 unspecified atom stereocenters. The highest BCUT2D eigenvalue weighted by Gasteiger charge is 2.18. The number of hydrogen-bond donors (Lipinski definition) is 1. The smallest absolute Gasteiger partial charge is 0.257 e. The van der Waals surface area contributed by atoms with E-state index in [0.717, 1.165) is 16.8 Å². The van der Waals surface area contributed by atoms with Gasteiger partial charge in [-0.3, -0.25) is 14.9 Å². The second-order valence-electron chi connectivity index (χ2n) is 5.05. The van der Waals surface area contributed by atoms with Crippen molar-refractivity contribution >= 4 is 5.91 Å². The molecule has 110 valence electrons. The van der Waals surface area contributed by atoms with Gasteiger partial charge in [0.05, 0.1) is 17.5 Å². The van der Waals surface area contributed by atoms with Crippen molar-refractivity contribution in [1.82, 2.24) is 20.1 Å². The Hall–Kier alpha value is -2.95. The van der Waals surface area contributed by atoms with E-state index in [1.807, 2.05) is 42.5 Å². The zero-order valence-electron chi connectivity index (χ0n) is 12.2. The Morgan fingerprint density at radius 2 is 1.95 bits per heavy atom. The van der Waals surface area contributed by atoms with Crippen LogP contribution in [-0.2, 0) is 6.54 Å². The summed E-state index contributed by atoms with van der Waals surface area (Å²) < 4.78 is 0. The first kappa shape index (κ1) is 14.0. The van der Waals surface area contributed by atoms with Crippen molar-refractivity contribution in [3.05, 3.63) is 72.2 Å². The number of aromatic amines is 1. The summed E-state index contributed by atoms with van der Waals surface area (Å²) in [6.45, 7) is 0.506. The van der Waals surface area contributed by atoms with Crippen molar-refractivity contribution in [3.63, 3.8) is 0 Å². The Morgan fingerprint density at radius 3 is 2.68 bits per heavy atom. The Balaban J connectivity index is 1.83. The summed E-state index contributed by atoms with van der Waals surface area (Å²) in [5.41, 5.74) is 3.24. The summed E-state index contributed by atoms with van der Waals surface area (Å²) in [4.78, 5) is 18.4. The number of hydrogen-bond acceptors (Lipinski definition) is 3. The molecule has 1 aromatic carbocycles. The highest BCUT2D eigenvalue weighted by Crippen LogP contribution is 2.22. The van der Waals surface area contributed by atoms with E-state index in [0.29, 0.717) is 12.1 Å². The molecule has 1 amide bonds. The molecule has 0 aliphatic carbocycles. The molecular weight excluding hydrogens is 276 g/mol. The van der Waals surface area contributed by atoms with Crippen LogP contribution < -0.4 is 0 Å². The normalized spacial score (nSPS) is 10.4. The van der Waals surface area contributed by atoms with E-state index in [-0.39, 0.29) is 5.91 Å². The lowest BCUT2D eigenvalue weighted by Crippen LogP contribution is -2.26. The first-order valence-corrected chi connectivity index (χ1v) is 6.99. The quantitative estimate of drug-likeness (QED) is 0.804. The Labute approximate surface area is 128 Å². The van der Waals surface area contributed by atoms with Crippen LogP contribution in [0, 0.1) is 0 Å². The minimum Gasteiger partial charge on any atom is -0.337 e. The molecule has 0 atom stereocenters. The average molecular weight is 292 g/mol. The Morgan fingerprint density at radius 1 is 1.14 bits per heavy atom. The maximum atomic E-state index is 12.6. The SMILES string of the molecule is CN(Cc1cccnc1)C(=O)c1cn[nH]c1-c1ccccc1. The lowest BCUT2D eigenvalue weighted by atomic mass is 10.1. The van der Waals surface area contributed by atoms with Crippen molar-refractivity contribution < 1.29 is 4.79 Å². The van der Waals surface area contributed by atoms with Crippen LogP contribution in [0.3, 0.4) is 0 Å². The third-order valence-corrected chi connectivity index (χ3v) is 3.42. The van der Waals surface area contributed by atoms with Crippen LogP contribution in [0.4, 0.5) is 0 Å². The Bertz CT molecular complexity index is 753. The van der Waals surface area contributed by atoms with E-state index in [4.69, 9.17) is 0 Å². The van der Waals surface area contributed by atoms with E-state index >= 15 is 0 Å². The van der Waals surface area contributed by atoms with Gasteiger partial charge in [0.25, 0.3) is 5.91 Å². The second-order valence-corrected chi connectivity index (χ2v) is 5.05. The predicted molar refractivity (Wildman–Crippen MR) is 84.1 cm³/mol. The topological polar surface area (TPSA) is 61.9 Å². The second kappa shape index (κ2) is 6.22. The maximum Gasteiger partial charge on any atom is 0.257 e. The number of rotatable bonds is 4. The molecule has 3 aromatic rings. The van der Waals surface area contributed by atoms with Crippen molar-refractivity contribution in [2.45, 2.75) is 6.54 Å². The van der Waals surface area contributed by atoms with Gasteiger partial charge in [0.15, 0.2) is 0 Å². The van der Waals surface area contributed by atoms with Gasteiger partial charge < -0.3 is 4.90 Å². The fourth-order valence-electron chi connectivity index (χ4n) is 2.32. The fourth-order valence-corrected chi connectivity index (χ4v) is 2.32. The fraction of sp³-hybridized carbons (Fsp3) is 0.118. The van der Waals surface area contributed by atoms with Crippen LogP contribution in [0.5, 0.6) is 0 Å². The highest BCUT2D eigenvalue weighted by atomic mass is 16.2. The van der Waals surface area contributed by atoms with Gasteiger partial charge in [0.1, 0.15) is 0 Å². The number of nitrogens with zero attached hydrogens (tertiary/aromatic N) is 3. The van der Waals surface area contributed by atoms with Crippen molar-refractivity contribution in [2.24, 2.45) is 0 Å². The summed E-state index contributed by atoms with van der Waals surface area (Å²) in [7, 11) is 1.77. The molecule has 0 saturated carbocycles. The standard InChI is InChI=1S/C17H16N4O/c1-21(12-13-6-5-9-18-10-13)17(22)15-11-19-20-16(15)14-7-3-2-4-8-14/h2-11H,12H2,1H3,(H,19,20). The monoisotopic (exact) mass is 292 g/mol. The van der Waals surface area contributed by atoms with E-state index in [9.17, 15) is 4.79 Å². The number of pyridine rings is 1. The number of benzene rings is 1. The number of H-pyrrole nitrogens is 1. The molecule has 0 spiro atoms. The summed E-state index contributed by atoms with van der Waals surface area (Å²) in [5.74, 6) is -0.0727. The predicted octanol–water partition coefficient (Wildman–Crippen LogP) is 2.74. The van der Waals surface area contributed by atoms with Gasteiger partial charge >= 0.3 is 0 Å². The maximum absolute atomic E-state index is 12.6. The van der Waals surface area contributed by atoms with Crippen LogP contribution in [0.15, 0.2) is 61.1 Å². The first-order valence-electron chi connectivity index (χ1n) is 6.99. The third-order valence-electron chi connectivity index (χ3n) is 3.42. The van der Waals surface area contributed by atoms with Gasteiger partial charge in [-0.25, -0.2) is 0 Å². The molecule has 3 rings (SSSR count). The van der Waals surface area contributed by atoms with Gasteiger partial charge in [-0.1, -0.05) is 36.4 Å². The first-order chi connectivity index (χ1) is 10.8. The zero-order valence-corrected chi connectivity index (χ0v) is 12.2. The lowest BCUT2D eigenvalue weighted by Gasteiger charge is -2.17. The van der Waals surface area contributed by atoms with E-state index in [2.05, 4.69) is 15.2 Å². The molecular formula is C17H16N4O. The van der Waals surface area contributed by atoms with Gasteiger partial charge in [0, 0.05) is 31.5 Å². The number of amides is 1. The van der Waals surface area contributed by atoms with Crippen LogP contribution in [0.25, 0.3) is 11.3 Å². The molecule has 5 heteroatoms. The minimum absolute atomic E-state index is 0.0727. The largest absolute Gasteiger partial charge is 0.337 e. The van der Waals surface area contributed by atoms with Gasteiger partial charge in [0.2, 0.25) is 0 Å². The molecule has 1 N–H and O–H groups in total. The molecule has 0 radical (unpaired) electrons. The number of nitrogens with one attached hydrogen (secondary N) is 1. The van der Waals surface area contributed by atoms with Crippen LogP contribution in [0.2, 0.25) is 0 Å². The van der Waals surface area contributed by atoms with Crippen LogP contribution >= 0.6 is 0 Å². The van der Waals surface area contributed by atoms with Gasteiger partial charge in [-0.2, -0.15) is 5.10 Å². The molecule has 22 heavy (non-hydrogen) atoms. The summed E-state index contributed by atoms with van der Waals surface area (Å²) in [5, 5.41) is 6.94. The molecule has 0 fully saturated rings. The van der Waals surface area contributed by atoms with Crippen LogP contribution in [-0.4, -0.2) is 33.0 Å². The zero-order chi connectivity index (χ0) is 15.4. The molecule has 0 bridgehead atoms. The third kappa shape index (κ3) is 2.88. The summed E-state index contributed by atoms with van der Waals surface area (Å²) in [6.07, 6.45) is 5.05. The highest BCUT2D eigenvalue weighted by molar-refractivity contribution is 5.99. The lowest BCUT2D eigenvalue weighted by molar-refractivity contribution is 0.0786. The molecule has 2 aromatic heterocycles. The molecule has 0 aliphatic rings. The van der Waals surface area contributed by atoms with E-state index in [1.165, 1.54) is 0 Å². The van der Waals surface area contributed by atoms with Crippen molar-refractivity contribution in [3.8, 4) is 11.3 Å². The summed E-state index contributed by atoms with van der Waals surface area (Å²) >= 11 is 0.